The van der Waals surface area contributed by atoms with Crippen LogP contribution in [-0.2, 0) is 16.1 Å². The Kier molecular flexibility index (Phi) is 3.61. The fraction of sp³-hybridized carbons (Fsp3) is 0.300. The fourth-order valence-electron chi connectivity index (χ4n) is 4.25. The van der Waals surface area contributed by atoms with E-state index in [0.717, 1.165) is 20.7 Å². The Balaban J connectivity index is 1.52. The van der Waals surface area contributed by atoms with Crippen molar-refractivity contribution in [2.45, 2.75) is 20.4 Å². The first kappa shape index (κ1) is 17.6. The first-order valence-corrected chi connectivity index (χ1v) is 10.1. The number of aromatic nitrogens is 2. The van der Waals surface area contributed by atoms with E-state index in [0.29, 0.717) is 10.6 Å². The number of hydrogen-bond acceptors (Lipinski definition) is 5. The van der Waals surface area contributed by atoms with Gasteiger partial charge in [0.2, 0.25) is 11.8 Å². The zero-order valence-corrected chi connectivity index (χ0v) is 16.7. The molecule has 1 saturated heterocycles. The summed E-state index contributed by atoms with van der Waals surface area (Å²) >= 11 is 7.48. The van der Waals surface area contributed by atoms with E-state index in [9.17, 15) is 14.4 Å². The number of carbonyl (C=O) groups is 2. The molecule has 1 saturated carbocycles. The summed E-state index contributed by atoms with van der Waals surface area (Å²) < 4.78 is 0.829. The van der Waals surface area contributed by atoms with Crippen LogP contribution in [0.5, 0.6) is 0 Å². The number of H-pyrrole nitrogens is 1. The number of carbonyl (C=O) groups excluding carboxylic acids is 2. The Labute approximate surface area is 169 Å². The van der Waals surface area contributed by atoms with Gasteiger partial charge in [-0.05, 0) is 23.6 Å². The molecule has 2 amide bonds. The Morgan fingerprint density at radius 3 is 2.61 bits per heavy atom. The van der Waals surface area contributed by atoms with E-state index in [1.165, 1.54) is 22.4 Å². The molecule has 28 heavy (non-hydrogen) atoms. The highest BCUT2D eigenvalue weighted by Crippen LogP contribution is 2.63. The minimum atomic E-state index is -0.237. The van der Waals surface area contributed by atoms with Gasteiger partial charge in [0.05, 0.1) is 33.6 Å². The minimum Gasteiger partial charge on any atom is -0.327 e. The van der Waals surface area contributed by atoms with Gasteiger partial charge in [0, 0.05) is 28.4 Å². The summed E-state index contributed by atoms with van der Waals surface area (Å²) in [7, 11) is 0. The predicted molar refractivity (Wildman–Crippen MR) is 107 cm³/mol. The summed E-state index contributed by atoms with van der Waals surface area (Å²) in [5, 5.41) is 0.437. The number of imide groups is 1. The Morgan fingerprint density at radius 1 is 1.18 bits per heavy atom. The maximum atomic E-state index is 12.6. The first-order chi connectivity index (χ1) is 13.3. The summed E-state index contributed by atoms with van der Waals surface area (Å²) in [6, 6.07) is 5.27. The molecule has 2 fully saturated rings. The number of nitrogens with zero attached hydrogens (tertiary/aromatic N) is 2. The number of amides is 2. The lowest BCUT2D eigenvalue weighted by Crippen LogP contribution is -2.35. The van der Waals surface area contributed by atoms with Crippen molar-refractivity contribution in [2.24, 2.45) is 17.3 Å². The SMILES string of the molecule is CC1(C)C2C(=O)N(Cc3cc4nccc(-c5cc(Cl)c[nH]c5=O)c4s3)C(=O)C21. The second-order valence-corrected chi connectivity index (χ2v) is 9.46. The van der Waals surface area contributed by atoms with Gasteiger partial charge in [-0.2, -0.15) is 0 Å². The van der Waals surface area contributed by atoms with Gasteiger partial charge >= 0.3 is 0 Å². The van der Waals surface area contributed by atoms with Crippen LogP contribution in [0, 0.1) is 17.3 Å². The maximum Gasteiger partial charge on any atom is 0.255 e. The molecular weight excluding hydrogens is 398 g/mol. The average Bonchev–Trinajstić information content (AvgIpc) is 2.91. The lowest BCUT2D eigenvalue weighted by Gasteiger charge is -2.19. The Morgan fingerprint density at radius 2 is 1.89 bits per heavy atom. The quantitative estimate of drug-likeness (QED) is 0.666. The van der Waals surface area contributed by atoms with E-state index in [-0.39, 0.29) is 41.2 Å². The van der Waals surface area contributed by atoms with E-state index in [1.54, 1.807) is 18.3 Å². The number of rotatable bonds is 3. The molecule has 1 N–H and O–H groups in total. The number of halogens is 1. The van der Waals surface area contributed by atoms with E-state index < -0.39 is 0 Å². The van der Waals surface area contributed by atoms with Crippen molar-refractivity contribution >= 4 is 45.0 Å². The van der Waals surface area contributed by atoms with Gasteiger partial charge in [-0.25, -0.2) is 0 Å². The van der Waals surface area contributed by atoms with Crippen LogP contribution in [0.2, 0.25) is 5.02 Å². The van der Waals surface area contributed by atoms with Crippen LogP contribution in [0.3, 0.4) is 0 Å². The van der Waals surface area contributed by atoms with Crippen molar-refractivity contribution in [3.8, 4) is 11.1 Å². The molecular formula is C20H16ClN3O3S. The van der Waals surface area contributed by atoms with Crippen molar-refractivity contribution in [2.75, 3.05) is 0 Å². The Hall–Kier alpha value is -2.51. The van der Waals surface area contributed by atoms with Crippen LogP contribution in [-0.4, -0.2) is 26.7 Å². The molecule has 3 aromatic heterocycles. The predicted octanol–water partition coefficient (Wildman–Crippen LogP) is 3.45. The van der Waals surface area contributed by atoms with E-state index in [2.05, 4.69) is 9.97 Å². The highest BCUT2D eigenvalue weighted by Gasteiger charge is 2.72. The molecule has 0 radical (unpaired) electrons. The third-order valence-corrected chi connectivity index (χ3v) is 7.19. The molecule has 142 valence electrons. The average molecular weight is 414 g/mol. The number of aromatic amines is 1. The molecule has 2 atom stereocenters. The molecule has 4 heterocycles. The topological polar surface area (TPSA) is 83.1 Å². The molecule has 3 aromatic rings. The molecule has 2 aliphatic rings. The summed E-state index contributed by atoms with van der Waals surface area (Å²) in [4.78, 5) is 46.7. The number of fused-ring (bicyclic) bond motifs is 2. The molecule has 5 rings (SSSR count). The number of pyridine rings is 2. The summed E-state index contributed by atoms with van der Waals surface area (Å²) in [6.07, 6.45) is 3.08. The highest BCUT2D eigenvalue weighted by atomic mass is 35.5. The standard InChI is InChI=1S/C20H16ClN3O3S/c1-20(2)14-15(20)19(27)24(18(14)26)8-10-6-13-16(28-10)11(3-4-22-13)12-5-9(21)7-23-17(12)25/h3-7,14-15H,8H2,1-2H3,(H,23,25). The van der Waals surface area contributed by atoms with E-state index in [4.69, 9.17) is 11.6 Å². The smallest absolute Gasteiger partial charge is 0.255 e. The summed E-state index contributed by atoms with van der Waals surface area (Å²) in [5.74, 6) is -0.546. The lowest BCUT2D eigenvalue weighted by molar-refractivity contribution is -0.143. The monoisotopic (exact) mass is 413 g/mol. The third-order valence-electron chi connectivity index (χ3n) is 5.83. The normalized spacial score (nSPS) is 22.8. The fourth-order valence-corrected chi connectivity index (χ4v) is 5.54. The maximum absolute atomic E-state index is 12.6. The molecule has 1 aliphatic carbocycles. The van der Waals surface area contributed by atoms with Gasteiger partial charge < -0.3 is 4.98 Å². The molecule has 2 unspecified atom stereocenters. The Bertz CT molecular complexity index is 1200. The lowest BCUT2D eigenvalue weighted by atomic mass is 10.1. The van der Waals surface area contributed by atoms with Gasteiger partial charge in [0.25, 0.3) is 5.56 Å². The zero-order chi connectivity index (χ0) is 19.8. The number of nitrogens with one attached hydrogen (secondary N) is 1. The van der Waals surface area contributed by atoms with Gasteiger partial charge in [0.1, 0.15) is 0 Å². The molecule has 1 aliphatic heterocycles. The summed E-state index contributed by atoms with van der Waals surface area (Å²) in [6.45, 7) is 4.17. The van der Waals surface area contributed by atoms with Crippen LogP contribution in [0.25, 0.3) is 21.3 Å². The number of hydrogen-bond donors (Lipinski definition) is 1. The van der Waals surface area contributed by atoms with E-state index >= 15 is 0 Å². The highest BCUT2D eigenvalue weighted by molar-refractivity contribution is 7.19. The van der Waals surface area contributed by atoms with E-state index in [1.807, 2.05) is 19.9 Å². The van der Waals surface area contributed by atoms with Crippen molar-refractivity contribution in [3.63, 3.8) is 0 Å². The summed E-state index contributed by atoms with van der Waals surface area (Å²) in [5.41, 5.74) is 1.46. The molecule has 6 nitrogen and oxygen atoms in total. The zero-order valence-electron chi connectivity index (χ0n) is 15.2. The minimum absolute atomic E-state index is 0.0862. The van der Waals surface area contributed by atoms with Gasteiger partial charge in [-0.15, -0.1) is 11.3 Å². The number of thiophene rings is 1. The van der Waals surface area contributed by atoms with Crippen LogP contribution < -0.4 is 5.56 Å². The van der Waals surface area contributed by atoms with Gasteiger partial charge in [0.15, 0.2) is 0 Å². The van der Waals surface area contributed by atoms with Crippen molar-refractivity contribution in [3.05, 3.63) is 50.8 Å². The van der Waals surface area contributed by atoms with Crippen molar-refractivity contribution in [1.82, 2.24) is 14.9 Å². The number of likely N-dealkylation sites (tertiary alicyclic amines) is 1. The molecule has 0 aromatic carbocycles. The van der Waals surface area contributed by atoms with Crippen LogP contribution in [0.4, 0.5) is 0 Å². The second kappa shape index (κ2) is 5.75. The molecule has 0 bridgehead atoms. The van der Waals surface area contributed by atoms with Crippen LogP contribution in [0.1, 0.15) is 18.7 Å². The molecule has 0 spiro atoms. The van der Waals surface area contributed by atoms with Crippen LogP contribution in [0.15, 0.2) is 35.4 Å². The second-order valence-electron chi connectivity index (χ2n) is 7.89. The van der Waals surface area contributed by atoms with Crippen molar-refractivity contribution in [1.29, 1.82) is 0 Å². The van der Waals surface area contributed by atoms with Crippen molar-refractivity contribution < 1.29 is 9.59 Å². The molecule has 8 heteroatoms. The van der Waals surface area contributed by atoms with Gasteiger partial charge in [-0.3, -0.25) is 24.3 Å². The number of piperidine rings is 1. The van der Waals surface area contributed by atoms with Crippen LogP contribution >= 0.6 is 22.9 Å². The largest absolute Gasteiger partial charge is 0.327 e. The first-order valence-electron chi connectivity index (χ1n) is 8.90. The third kappa shape index (κ3) is 2.39. The van der Waals surface area contributed by atoms with Gasteiger partial charge in [-0.1, -0.05) is 25.4 Å².